The highest BCUT2D eigenvalue weighted by atomic mass is 16.3. The number of hydrogen-bond donors (Lipinski definition) is 1. The van der Waals surface area contributed by atoms with E-state index in [0.29, 0.717) is 11.4 Å². The molecule has 1 amide bonds. The molecule has 4 rings (SSSR count). The lowest BCUT2D eigenvalue weighted by Crippen LogP contribution is -2.12. The lowest BCUT2D eigenvalue weighted by molar-refractivity contribution is 0.0998. The summed E-state index contributed by atoms with van der Waals surface area (Å²) < 4.78 is 7.66. The largest absolute Gasteiger partial charge is 0.450 e. The average molecular weight is 345 g/mol. The van der Waals surface area contributed by atoms with E-state index in [1.165, 1.54) is 0 Å². The van der Waals surface area contributed by atoms with Gasteiger partial charge in [-0.3, -0.25) is 4.79 Å². The molecule has 0 unspecified atom stereocenters. The Morgan fingerprint density at radius 2 is 1.88 bits per heavy atom. The summed E-state index contributed by atoms with van der Waals surface area (Å²) in [5, 5.41) is 8.15. The number of nitrogens with zero attached hydrogens (tertiary/aromatic N) is 2. The SMILES string of the molecule is Cc1ccc(C)c2c(C)c(C(=O)Nc3cccc(-n4cccn4)c3)oc12. The van der Waals surface area contributed by atoms with Crippen LogP contribution in [0.2, 0.25) is 0 Å². The number of carbonyl (C=O) groups excluding carboxylic acids is 1. The minimum Gasteiger partial charge on any atom is -0.450 e. The van der Waals surface area contributed by atoms with Gasteiger partial charge in [-0.1, -0.05) is 18.2 Å². The number of carbonyl (C=O) groups is 1. The van der Waals surface area contributed by atoms with Gasteiger partial charge in [0.25, 0.3) is 5.91 Å². The van der Waals surface area contributed by atoms with Gasteiger partial charge in [-0.05, 0) is 56.2 Å². The Balaban J connectivity index is 1.68. The third-order valence-corrected chi connectivity index (χ3v) is 4.56. The smallest absolute Gasteiger partial charge is 0.291 e. The summed E-state index contributed by atoms with van der Waals surface area (Å²) in [6, 6.07) is 13.5. The molecule has 2 aromatic heterocycles. The summed E-state index contributed by atoms with van der Waals surface area (Å²) in [6.07, 6.45) is 3.57. The van der Waals surface area contributed by atoms with Crippen LogP contribution >= 0.6 is 0 Å². The van der Waals surface area contributed by atoms with Gasteiger partial charge in [0, 0.05) is 29.0 Å². The van der Waals surface area contributed by atoms with Crippen molar-refractivity contribution in [3.63, 3.8) is 0 Å². The summed E-state index contributed by atoms with van der Waals surface area (Å²) in [7, 11) is 0. The van der Waals surface area contributed by atoms with Crippen LogP contribution in [0, 0.1) is 20.8 Å². The normalized spacial score (nSPS) is 11.0. The van der Waals surface area contributed by atoms with Crippen molar-refractivity contribution in [2.75, 3.05) is 5.32 Å². The molecule has 0 aliphatic rings. The lowest BCUT2D eigenvalue weighted by Gasteiger charge is -2.07. The van der Waals surface area contributed by atoms with E-state index in [4.69, 9.17) is 4.42 Å². The molecule has 0 atom stereocenters. The first-order valence-corrected chi connectivity index (χ1v) is 8.45. The third kappa shape index (κ3) is 2.67. The van der Waals surface area contributed by atoms with Crippen LogP contribution in [-0.4, -0.2) is 15.7 Å². The number of anilines is 1. The molecule has 2 heterocycles. The summed E-state index contributed by atoms with van der Waals surface area (Å²) >= 11 is 0. The fourth-order valence-corrected chi connectivity index (χ4v) is 3.23. The van der Waals surface area contributed by atoms with E-state index >= 15 is 0 Å². The maximum atomic E-state index is 12.8. The minimum absolute atomic E-state index is 0.255. The first-order valence-electron chi connectivity index (χ1n) is 8.45. The van der Waals surface area contributed by atoms with Crippen molar-refractivity contribution in [3.05, 3.63) is 77.3 Å². The molecule has 0 radical (unpaired) electrons. The fraction of sp³-hybridized carbons (Fsp3) is 0.143. The van der Waals surface area contributed by atoms with Crippen molar-refractivity contribution < 1.29 is 9.21 Å². The number of benzene rings is 2. The highest BCUT2D eigenvalue weighted by molar-refractivity contribution is 6.07. The van der Waals surface area contributed by atoms with Gasteiger partial charge in [0.05, 0.1) is 5.69 Å². The van der Waals surface area contributed by atoms with Crippen LogP contribution in [0.5, 0.6) is 0 Å². The van der Waals surface area contributed by atoms with Gasteiger partial charge in [0.15, 0.2) is 5.76 Å². The zero-order valence-corrected chi connectivity index (χ0v) is 14.9. The van der Waals surface area contributed by atoms with Gasteiger partial charge >= 0.3 is 0 Å². The molecule has 0 saturated carbocycles. The molecule has 0 aliphatic carbocycles. The lowest BCUT2D eigenvalue weighted by atomic mass is 10.0. The Bertz CT molecular complexity index is 1110. The van der Waals surface area contributed by atoms with E-state index in [1.807, 2.05) is 63.4 Å². The second-order valence-corrected chi connectivity index (χ2v) is 6.41. The molecule has 4 aromatic rings. The second kappa shape index (κ2) is 6.19. The predicted octanol–water partition coefficient (Wildman–Crippen LogP) is 4.80. The topological polar surface area (TPSA) is 60.1 Å². The number of hydrogen-bond acceptors (Lipinski definition) is 3. The zero-order chi connectivity index (χ0) is 18.3. The fourth-order valence-electron chi connectivity index (χ4n) is 3.23. The van der Waals surface area contributed by atoms with Gasteiger partial charge in [-0.15, -0.1) is 0 Å². The van der Waals surface area contributed by atoms with Crippen molar-refractivity contribution in [3.8, 4) is 5.69 Å². The van der Waals surface area contributed by atoms with E-state index in [1.54, 1.807) is 10.9 Å². The van der Waals surface area contributed by atoms with Crippen LogP contribution in [0.25, 0.3) is 16.7 Å². The Kier molecular flexibility index (Phi) is 3.84. The molecule has 0 aliphatic heterocycles. The number of aryl methyl sites for hydroxylation is 3. The van der Waals surface area contributed by atoms with Crippen molar-refractivity contribution >= 4 is 22.6 Å². The number of aromatic nitrogens is 2. The summed E-state index contributed by atoms with van der Waals surface area (Å²) in [5.74, 6) is 0.0945. The quantitative estimate of drug-likeness (QED) is 0.580. The van der Waals surface area contributed by atoms with Gasteiger partial charge in [-0.2, -0.15) is 5.10 Å². The summed E-state index contributed by atoms with van der Waals surface area (Å²) in [4.78, 5) is 12.8. The van der Waals surface area contributed by atoms with Gasteiger partial charge < -0.3 is 9.73 Å². The van der Waals surface area contributed by atoms with Gasteiger partial charge in [0.2, 0.25) is 0 Å². The summed E-state index contributed by atoms with van der Waals surface area (Å²) in [6.45, 7) is 5.94. The molecule has 0 fully saturated rings. The Hall–Kier alpha value is -3.34. The monoisotopic (exact) mass is 345 g/mol. The third-order valence-electron chi connectivity index (χ3n) is 4.56. The van der Waals surface area contributed by atoms with Gasteiger partial charge in [-0.25, -0.2) is 4.68 Å². The van der Waals surface area contributed by atoms with E-state index in [2.05, 4.69) is 16.5 Å². The molecule has 0 spiro atoms. The Morgan fingerprint density at radius 3 is 2.62 bits per heavy atom. The standard InChI is InChI=1S/C21H19N3O2/c1-13-8-9-14(2)19-18(13)15(3)20(26-19)21(25)23-16-6-4-7-17(12-16)24-11-5-10-22-24/h4-12H,1-3H3,(H,23,25). The molecule has 130 valence electrons. The number of nitrogens with one attached hydrogen (secondary N) is 1. The Labute approximate surface area is 151 Å². The van der Waals surface area contributed by atoms with Crippen molar-refractivity contribution in [1.82, 2.24) is 9.78 Å². The van der Waals surface area contributed by atoms with Crippen LogP contribution in [0.4, 0.5) is 5.69 Å². The molecular formula is C21H19N3O2. The van der Waals surface area contributed by atoms with E-state index in [-0.39, 0.29) is 5.91 Å². The van der Waals surface area contributed by atoms with Crippen LogP contribution in [-0.2, 0) is 0 Å². The number of amides is 1. The van der Waals surface area contributed by atoms with E-state index < -0.39 is 0 Å². The zero-order valence-electron chi connectivity index (χ0n) is 14.9. The van der Waals surface area contributed by atoms with Crippen LogP contribution in [0.15, 0.2) is 59.3 Å². The van der Waals surface area contributed by atoms with Crippen molar-refractivity contribution in [1.29, 1.82) is 0 Å². The van der Waals surface area contributed by atoms with Gasteiger partial charge in [0.1, 0.15) is 5.58 Å². The van der Waals surface area contributed by atoms with E-state index in [9.17, 15) is 4.79 Å². The molecule has 5 nitrogen and oxygen atoms in total. The molecule has 5 heteroatoms. The van der Waals surface area contributed by atoms with Crippen LogP contribution in [0.1, 0.15) is 27.2 Å². The molecule has 0 saturated heterocycles. The average Bonchev–Trinajstić information content (AvgIpc) is 3.27. The molecular weight excluding hydrogens is 326 g/mol. The number of rotatable bonds is 3. The Morgan fingerprint density at radius 1 is 1.08 bits per heavy atom. The highest BCUT2D eigenvalue weighted by Gasteiger charge is 2.20. The van der Waals surface area contributed by atoms with Crippen LogP contribution < -0.4 is 5.32 Å². The summed E-state index contributed by atoms with van der Waals surface area (Å²) in [5.41, 5.74) is 5.33. The molecule has 26 heavy (non-hydrogen) atoms. The minimum atomic E-state index is -0.255. The molecule has 0 bridgehead atoms. The maximum Gasteiger partial charge on any atom is 0.291 e. The van der Waals surface area contributed by atoms with Crippen molar-refractivity contribution in [2.45, 2.75) is 20.8 Å². The first-order chi connectivity index (χ1) is 12.5. The first kappa shape index (κ1) is 16.1. The van der Waals surface area contributed by atoms with E-state index in [0.717, 1.165) is 33.3 Å². The second-order valence-electron chi connectivity index (χ2n) is 6.41. The number of fused-ring (bicyclic) bond motifs is 1. The molecule has 1 N–H and O–H groups in total. The van der Waals surface area contributed by atoms with Crippen LogP contribution in [0.3, 0.4) is 0 Å². The maximum absolute atomic E-state index is 12.8. The molecule has 2 aromatic carbocycles. The predicted molar refractivity (Wildman–Crippen MR) is 102 cm³/mol. The van der Waals surface area contributed by atoms with Crippen molar-refractivity contribution in [2.24, 2.45) is 0 Å². The number of furan rings is 1. The highest BCUT2D eigenvalue weighted by Crippen LogP contribution is 2.31.